The molecular formula is C15H11BrClF3N4O. The number of fused-ring (bicyclic) bond motifs is 1. The lowest BCUT2D eigenvalue weighted by molar-refractivity contribution is -0.135. The molecule has 0 N–H and O–H groups in total. The van der Waals surface area contributed by atoms with Crippen molar-refractivity contribution in [2.24, 2.45) is 0 Å². The highest BCUT2D eigenvalue weighted by molar-refractivity contribution is 9.10. The van der Waals surface area contributed by atoms with Crippen LogP contribution in [0.2, 0.25) is 5.02 Å². The molecule has 0 fully saturated rings. The number of aromatic nitrogens is 4. The van der Waals surface area contributed by atoms with Crippen molar-refractivity contribution in [3.63, 3.8) is 0 Å². The average Bonchev–Trinajstić information content (AvgIpc) is 2.91. The number of hydrogen-bond donors (Lipinski definition) is 0. The van der Waals surface area contributed by atoms with Crippen LogP contribution in [0.1, 0.15) is 12.8 Å². The average molecular weight is 436 g/mol. The molecule has 2 aromatic heterocycles. The van der Waals surface area contributed by atoms with Gasteiger partial charge in [0.05, 0.1) is 23.6 Å². The Morgan fingerprint density at radius 2 is 1.88 bits per heavy atom. The number of benzene rings is 1. The maximum atomic E-state index is 12.4. The summed E-state index contributed by atoms with van der Waals surface area (Å²) in [5.41, 5.74) is 0.573. The van der Waals surface area contributed by atoms with Crippen LogP contribution in [0.15, 0.2) is 35.2 Å². The Labute approximate surface area is 153 Å². The highest BCUT2D eigenvalue weighted by Crippen LogP contribution is 2.33. The SMILES string of the molecule is FC(F)(F)CCCn1ncc2cc(Br)cc(Oc3ncc(Cl)cn3)c21. The molecule has 10 heteroatoms. The predicted octanol–water partition coefficient (Wildman–Crippen LogP) is 5.38. The summed E-state index contributed by atoms with van der Waals surface area (Å²) in [5.74, 6) is 0.385. The molecule has 0 bridgehead atoms. The van der Waals surface area contributed by atoms with E-state index in [1.54, 1.807) is 18.3 Å². The van der Waals surface area contributed by atoms with E-state index in [1.807, 2.05) is 0 Å². The van der Waals surface area contributed by atoms with Crippen molar-refractivity contribution < 1.29 is 17.9 Å². The molecule has 3 aromatic rings. The van der Waals surface area contributed by atoms with Crippen molar-refractivity contribution >= 4 is 38.4 Å². The topological polar surface area (TPSA) is 52.8 Å². The molecule has 3 rings (SSSR count). The van der Waals surface area contributed by atoms with Crippen LogP contribution in [0.4, 0.5) is 13.2 Å². The van der Waals surface area contributed by atoms with E-state index >= 15 is 0 Å². The van der Waals surface area contributed by atoms with E-state index in [0.717, 1.165) is 9.86 Å². The van der Waals surface area contributed by atoms with Gasteiger partial charge in [-0.2, -0.15) is 18.3 Å². The molecule has 0 atom stereocenters. The van der Waals surface area contributed by atoms with Crippen molar-refractivity contribution in [3.8, 4) is 11.8 Å². The van der Waals surface area contributed by atoms with Crippen molar-refractivity contribution in [2.45, 2.75) is 25.6 Å². The van der Waals surface area contributed by atoms with Crippen LogP contribution in [-0.2, 0) is 6.54 Å². The minimum absolute atomic E-state index is 0.0758. The monoisotopic (exact) mass is 434 g/mol. The van der Waals surface area contributed by atoms with Crippen molar-refractivity contribution in [1.82, 2.24) is 19.7 Å². The van der Waals surface area contributed by atoms with Gasteiger partial charge in [0.15, 0.2) is 5.75 Å². The Morgan fingerprint density at radius 1 is 1.16 bits per heavy atom. The Kier molecular flexibility index (Phi) is 5.14. The molecule has 25 heavy (non-hydrogen) atoms. The molecule has 0 saturated heterocycles. The van der Waals surface area contributed by atoms with Gasteiger partial charge in [0.2, 0.25) is 0 Å². The van der Waals surface area contributed by atoms with Crippen LogP contribution in [0.5, 0.6) is 11.8 Å². The van der Waals surface area contributed by atoms with Crippen LogP contribution < -0.4 is 4.74 Å². The first-order valence-corrected chi connectivity index (χ1v) is 8.36. The molecule has 132 valence electrons. The van der Waals surface area contributed by atoms with Gasteiger partial charge in [-0.3, -0.25) is 4.68 Å². The largest absolute Gasteiger partial charge is 0.422 e. The quantitative estimate of drug-likeness (QED) is 0.540. The third-order valence-electron chi connectivity index (χ3n) is 3.29. The van der Waals surface area contributed by atoms with Gasteiger partial charge in [-0.05, 0) is 18.6 Å². The van der Waals surface area contributed by atoms with Gasteiger partial charge in [0, 0.05) is 22.8 Å². The second kappa shape index (κ2) is 7.17. The van der Waals surface area contributed by atoms with Gasteiger partial charge in [-0.1, -0.05) is 27.5 Å². The van der Waals surface area contributed by atoms with E-state index in [2.05, 4.69) is 31.0 Å². The maximum absolute atomic E-state index is 12.4. The first-order valence-electron chi connectivity index (χ1n) is 7.19. The fourth-order valence-corrected chi connectivity index (χ4v) is 2.84. The number of ether oxygens (including phenoxy) is 1. The van der Waals surface area contributed by atoms with Gasteiger partial charge in [0.1, 0.15) is 5.52 Å². The first-order chi connectivity index (χ1) is 11.8. The van der Waals surface area contributed by atoms with Gasteiger partial charge >= 0.3 is 12.2 Å². The number of hydrogen-bond acceptors (Lipinski definition) is 4. The summed E-state index contributed by atoms with van der Waals surface area (Å²) in [7, 11) is 0. The van der Waals surface area contributed by atoms with E-state index in [0.29, 0.717) is 16.3 Å². The van der Waals surface area contributed by atoms with Crippen LogP contribution >= 0.6 is 27.5 Å². The second-order valence-corrected chi connectivity index (χ2v) is 6.57. The second-order valence-electron chi connectivity index (χ2n) is 5.21. The van der Waals surface area contributed by atoms with E-state index in [9.17, 15) is 13.2 Å². The van der Waals surface area contributed by atoms with Crippen LogP contribution in [0, 0.1) is 0 Å². The summed E-state index contributed by atoms with van der Waals surface area (Å²) in [6, 6.07) is 3.56. The molecule has 0 aliphatic carbocycles. The molecule has 2 heterocycles. The van der Waals surface area contributed by atoms with Crippen molar-refractivity contribution in [2.75, 3.05) is 0 Å². The van der Waals surface area contributed by atoms with Gasteiger partial charge in [-0.15, -0.1) is 0 Å². The summed E-state index contributed by atoms with van der Waals surface area (Å²) in [4.78, 5) is 7.92. The lowest BCUT2D eigenvalue weighted by Gasteiger charge is -2.10. The van der Waals surface area contributed by atoms with Gasteiger partial charge < -0.3 is 4.74 Å². The molecule has 0 amide bonds. The zero-order valence-electron chi connectivity index (χ0n) is 12.6. The minimum atomic E-state index is -4.19. The lowest BCUT2D eigenvalue weighted by Crippen LogP contribution is -2.10. The summed E-state index contributed by atoms with van der Waals surface area (Å²) in [5, 5.41) is 5.25. The normalized spacial score (nSPS) is 11.9. The first kappa shape index (κ1) is 17.9. The van der Waals surface area contributed by atoms with Gasteiger partial charge in [0.25, 0.3) is 0 Å². The summed E-state index contributed by atoms with van der Waals surface area (Å²) in [6.07, 6.45) is -0.792. The molecule has 0 aliphatic heterocycles. The Hall–Kier alpha value is -1.87. The van der Waals surface area contributed by atoms with E-state index in [4.69, 9.17) is 16.3 Å². The van der Waals surface area contributed by atoms with E-state index < -0.39 is 12.6 Å². The van der Waals surface area contributed by atoms with Crippen molar-refractivity contribution in [1.29, 1.82) is 0 Å². The Balaban J connectivity index is 1.90. The fraction of sp³-hybridized carbons (Fsp3) is 0.267. The van der Waals surface area contributed by atoms with E-state index in [-0.39, 0.29) is 19.0 Å². The summed E-state index contributed by atoms with van der Waals surface area (Å²) >= 11 is 9.11. The molecule has 0 spiro atoms. The number of halogens is 5. The van der Waals surface area contributed by atoms with Crippen LogP contribution in [0.3, 0.4) is 0 Å². The molecule has 0 aliphatic rings. The Morgan fingerprint density at radius 3 is 2.56 bits per heavy atom. The molecule has 5 nitrogen and oxygen atoms in total. The highest BCUT2D eigenvalue weighted by atomic mass is 79.9. The molecular weight excluding hydrogens is 425 g/mol. The number of aryl methyl sites for hydroxylation is 1. The number of nitrogens with zero attached hydrogens (tertiary/aromatic N) is 4. The van der Waals surface area contributed by atoms with Crippen LogP contribution in [0.25, 0.3) is 10.9 Å². The van der Waals surface area contributed by atoms with E-state index in [1.165, 1.54) is 17.1 Å². The molecule has 0 unspecified atom stereocenters. The standard InChI is InChI=1S/C15H11BrClF3N4O/c16-10-4-9-6-23-24(3-1-2-15(18,19)20)13(9)12(5-10)25-14-21-7-11(17)8-22-14/h4-8H,1-3H2. The number of rotatable bonds is 5. The maximum Gasteiger partial charge on any atom is 0.389 e. The molecule has 1 aromatic carbocycles. The number of alkyl halides is 3. The zero-order chi connectivity index (χ0) is 18.0. The van der Waals surface area contributed by atoms with Crippen molar-refractivity contribution in [3.05, 3.63) is 40.2 Å². The minimum Gasteiger partial charge on any atom is -0.422 e. The fourth-order valence-electron chi connectivity index (χ4n) is 2.29. The summed E-state index contributed by atoms with van der Waals surface area (Å²) < 4.78 is 45.0. The van der Waals surface area contributed by atoms with Gasteiger partial charge in [-0.25, -0.2) is 9.97 Å². The smallest absolute Gasteiger partial charge is 0.389 e. The Bertz CT molecular complexity index is 883. The molecule has 0 radical (unpaired) electrons. The zero-order valence-corrected chi connectivity index (χ0v) is 14.9. The van der Waals surface area contributed by atoms with Crippen LogP contribution in [-0.4, -0.2) is 25.9 Å². The predicted molar refractivity (Wildman–Crippen MR) is 89.8 cm³/mol. The summed E-state index contributed by atoms with van der Waals surface area (Å²) in [6.45, 7) is 0.114. The lowest BCUT2D eigenvalue weighted by atomic mass is 10.2. The highest BCUT2D eigenvalue weighted by Gasteiger charge is 2.26. The molecule has 0 saturated carbocycles. The third-order valence-corrected chi connectivity index (χ3v) is 3.94. The third kappa shape index (κ3) is 4.60.